The van der Waals surface area contributed by atoms with Crippen LogP contribution in [0.15, 0.2) is 73.1 Å². The number of benzene rings is 2. The lowest BCUT2D eigenvalue weighted by Crippen LogP contribution is -2.48. The highest BCUT2D eigenvalue weighted by molar-refractivity contribution is 5.89. The summed E-state index contributed by atoms with van der Waals surface area (Å²) in [6.07, 6.45) is 4.80. The van der Waals surface area contributed by atoms with Gasteiger partial charge in [0.2, 0.25) is 0 Å². The molecule has 0 unspecified atom stereocenters. The molecule has 2 amide bonds. The number of piperidine rings is 1. The van der Waals surface area contributed by atoms with Crippen LogP contribution in [-0.2, 0) is 13.1 Å². The monoisotopic (exact) mass is 484 g/mol. The number of halogens is 3. The number of nitrogens with one attached hydrogen (secondary N) is 1. The molecule has 0 radical (unpaired) electrons. The highest BCUT2D eigenvalue weighted by atomic mass is 19.3. The van der Waals surface area contributed by atoms with Gasteiger partial charge in [0.15, 0.2) is 0 Å². The lowest BCUT2D eigenvalue weighted by Gasteiger charge is -2.38. The standard InChI is InChI=1S/C26H27F3N4O2/c27-21-7-3-8-22(15-21)31-26(34)33(17-19-5-4-12-30-16-19)23-10-13-32(14-11-23)18-20-6-1-2-9-24(20)35-25(28)29/h1-9,12,15-16,23,25H,10-11,13-14,17-18H2,(H,31,34). The summed E-state index contributed by atoms with van der Waals surface area (Å²) in [5.74, 6) is -0.247. The van der Waals surface area contributed by atoms with Crippen molar-refractivity contribution in [3.8, 4) is 5.75 Å². The van der Waals surface area contributed by atoms with E-state index in [1.54, 1.807) is 53.7 Å². The maximum absolute atomic E-state index is 13.6. The predicted octanol–water partition coefficient (Wildman–Crippen LogP) is 5.52. The number of anilines is 1. The molecule has 1 N–H and O–H groups in total. The summed E-state index contributed by atoms with van der Waals surface area (Å²) < 4.78 is 43.8. The molecule has 1 aromatic heterocycles. The van der Waals surface area contributed by atoms with Crippen LogP contribution in [0.25, 0.3) is 0 Å². The molecule has 0 saturated carbocycles. The second-order valence-electron chi connectivity index (χ2n) is 8.42. The number of hydrogen-bond acceptors (Lipinski definition) is 4. The van der Waals surface area contributed by atoms with Crippen LogP contribution in [0.4, 0.5) is 23.7 Å². The predicted molar refractivity (Wildman–Crippen MR) is 127 cm³/mol. The second-order valence-corrected chi connectivity index (χ2v) is 8.42. The van der Waals surface area contributed by atoms with E-state index in [9.17, 15) is 18.0 Å². The number of carbonyl (C=O) groups excluding carboxylic acids is 1. The Morgan fingerprint density at radius 3 is 2.63 bits per heavy atom. The Bertz CT molecular complexity index is 1110. The summed E-state index contributed by atoms with van der Waals surface area (Å²) in [7, 11) is 0. The van der Waals surface area contributed by atoms with Gasteiger partial charge in [-0.15, -0.1) is 0 Å². The number of ether oxygens (including phenoxy) is 1. The zero-order chi connectivity index (χ0) is 24.6. The van der Waals surface area contributed by atoms with Crippen LogP contribution < -0.4 is 10.1 Å². The van der Waals surface area contributed by atoms with Crippen molar-refractivity contribution in [2.24, 2.45) is 0 Å². The van der Waals surface area contributed by atoms with Crippen LogP contribution in [-0.4, -0.2) is 46.6 Å². The summed E-state index contributed by atoms with van der Waals surface area (Å²) >= 11 is 0. The van der Waals surface area contributed by atoms with Gasteiger partial charge in [-0.25, -0.2) is 9.18 Å². The molecular formula is C26H27F3N4O2. The third-order valence-electron chi connectivity index (χ3n) is 5.99. The lowest BCUT2D eigenvalue weighted by molar-refractivity contribution is -0.0508. The molecule has 184 valence electrons. The number of urea groups is 1. The normalized spacial score (nSPS) is 14.6. The van der Waals surface area contributed by atoms with Crippen LogP contribution >= 0.6 is 0 Å². The molecule has 0 aliphatic carbocycles. The Morgan fingerprint density at radius 1 is 1.11 bits per heavy atom. The van der Waals surface area contributed by atoms with E-state index in [0.29, 0.717) is 50.3 Å². The quantitative estimate of drug-likeness (QED) is 0.457. The molecule has 0 atom stereocenters. The molecule has 0 spiro atoms. The van der Waals surface area contributed by atoms with Crippen LogP contribution in [0.2, 0.25) is 0 Å². The Morgan fingerprint density at radius 2 is 1.91 bits per heavy atom. The first-order chi connectivity index (χ1) is 17.0. The van der Waals surface area contributed by atoms with E-state index >= 15 is 0 Å². The fraction of sp³-hybridized carbons (Fsp3) is 0.308. The molecule has 3 aromatic rings. The van der Waals surface area contributed by atoms with Crippen molar-refractivity contribution in [1.82, 2.24) is 14.8 Å². The van der Waals surface area contributed by atoms with Gasteiger partial charge in [-0.05, 0) is 48.7 Å². The zero-order valence-electron chi connectivity index (χ0n) is 19.1. The van der Waals surface area contributed by atoms with Crippen molar-refractivity contribution in [2.75, 3.05) is 18.4 Å². The third-order valence-corrected chi connectivity index (χ3v) is 5.99. The first-order valence-corrected chi connectivity index (χ1v) is 11.4. The second kappa shape index (κ2) is 11.7. The van der Waals surface area contributed by atoms with Gasteiger partial charge in [0.25, 0.3) is 0 Å². The van der Waals surface area contributed by atoms with Crippen molar-refractivity contribution in [3.05, 3.63) is 90.0 Å². The van der Waals surface area contributed by atoms with Crippen LogP contribution in [0.3, 0.4) is 0 Å². The average molecular weight is 485 g/mol. The molecule has 1 aliphatic heterocycles. The molecule has 9 heteroatoms. The van der Waals surface area contributed by atoms with Gasteiger partial charge in [0.1, 0.15) is 11.6 Å². The molecular weight excluding hydrogens is 457 g/mol. The van der Waals surface area contributed by atoms with Gasteiger partial charge in [-0.1, -0.05) is 30.3 Å². The lowest BCUT2D eigenvalue weighted by atomic mass is 10.0. The van der Waals surface area contributed by atoms with Gasteiger partial charge in [-0.2, -0.15) is 8.78 Å². The number of para-hydroxylation sites is 1. The molecule has 1 saturated heterocycles. The van der Waals surface area contributed by atoms with E-state index in [1.165, 1.54) is 12.1 Å². The van der Waals surface area contributed by atoms with Crippen LogP contribution in [0.5, 0.6) is 5.75 Å². The maximum atomic E-state index is 13.6. The van der Waals surface area contributed by atoms with Gasteiger partial charge >= 0.3 is 12.6 Å². The SMILES string of the molecule is O=C(Nc1cccc(F)c1)N(Cc1cccnc1)C1CCN(Cc2ccccc2OC(F)F)CC1. The van der Waals surface area contributed by atoms with E-state index in [-0.39, 0.29) is 17.8 Å². The Hall–Kier alpha value is -3.59. The summed E-state index contributed by atoms with van der Waals surface area (Å²) in [6, 6.07) is 15.9. The Labute approximate surface area is 202 Å². The number of nitrogens with zero attached hydrogens (tertiary/aromatic N) is 3. The molecule has 35 heavy (non-hydrogen) atoms. The summed E-state index contributed by atoms with van der Waals surface area (Å²) in [4.78, 5) is 21.3. The van der Waals surface area contributed by atoms with Gasteiger partial charge in [0, 0.05) is 55.9 Å². The Kier molecular flexibility index (Phi) is 8.20. The molecule has 2 aromatic carbocycles. The van der Waals surface area contributed by atoms with Crippen molar-refractivity contribution < 1.29 is 22.7 Å². The minimum absolute atomic E-state index is 0.0485. The number of hydrogen-bond donors (Lipinski definition) is 1. The van der Waals surface area contributed by atoms with Gasteiger partial charge in [-0.3, -0.25) is 9.88 Å². The van der Waals surface area contributed by atoms with E-state index in [0.717, 1.165) is 5.56 Å². The first kappa shape index (κ1) is 24.5. The van der Waals surface area contributed by atoms with Crippen molar-refractivity contribution >= 4 is 11.7 Å². The van der Waals surface area contributed by atoms with Gasteiger partial charge in [0.05, 0.1) is 0 Å². The zero-order valence-corrected chi connectivity index (χ0v) is 19.1. The molecule has 0 bridgehead atoms. The molecule has 2 heterocycles. The molecule has 1 aliphatic rings. The van der Waals surface area contributed by atoms with E-state index in [4.69, 9.17) is 0 Å². The number of alkyl halides is 2. The summed E-state index contributed by atoms with van der Waals surface area (Å²) in [5.41, 5.74) is 1.98. The maximum Gasteiger partial charge on any atom is 0.387 e. The smallest absolute Gasteiger partial charge is 0.387 e. The number of carbonyl (C=O) groups is 1. The highest BCUT2D eigenvalue weighted by Gasteiger charge is 2.29. The first-order valence-electron chi connectivity index (χ1n) is 11.4. The van der Waals surface area contributed by atoms with Crippen LogP contribution in [0, 0.1) is 5.82 Å². The largest absolute Gasteiger partial charge is 0.434 e. The number of amides is 2. The number of pyridine rings is 1. The molecule has 1 fully saturated rings. The van der Waals surface area contributed by atoms with E-state index in [2.05, 4.69) is 19.9 Å². The average Bonchev–Trinajstić information content (AvgIpc) is 2.85. The number of aromatic nitrogens is 1. The minimum atomic E-state index is -2.88. The van der Waals surface area contributed by atoms with Crippen molar-refractivity contribution in [2.45, 2.75) is 38.6 Å². The summed E-state index contributed by atoms with van der Waals surface area (Å²) in [5, 5.41) is 2.80. The number of rotatable bonds is 8. The third kappa shape index (κ3) is 6.95. The number of likely N-dealkylation sites (tertiary alicyclic amines) is 1. The molecule has 6 nitrogen and oxygen atoms in total. The van der Waals surface area contributed by atoms with E-state index < -0.39 is 12.4 Å². The van der Waals surface area contributed by atoms with Crippen LogP contribution in [0.1, 0.15) is 24.0 Å². The van der Waals surface area contributed by atoms with Crippen molar-refractivity contribution in [1.29, 1.82) is 0 Å². The van der Waals surface area contributed by atoms with Crippen molar-refractivity contribution in [3.63, 3.8) is 0 Å². The fourth-order valence-electron chi connectivity index (χ4n) is 4.29. The minimum Gasteiger partial charge on any atom is -0.434 e. The van der Waals surface area contributed by atoms with Gasteiger partial charge < -0.3 is 15.0 Å². The fourth-order valence-corrected chi connectivity index (χ4v) is 4.29. The summed E-state index contributed by atoms with van der Waals surface area (Å²) in [6.45, 7) is -0.660. The topological polar surface area (TPSA) is 57.7 Å². The highest BCUT2D eigenvalue weighted by Crippen LogP contribution is 2.26. The Balaban J connectivity index is 1.43. The van der Waals surface area contributed by atoms with E-state index in [1.807, 2.05) is 12.1 Å². The molecule has 4 rings (SSSR count).